The summed E-state index contributed by atoms with van der Waals surface area (Å²) < 4.78 is 0. The SMILES string of the molecule is CC1(C)CN(C(=O)C2CC2)CCN1C(=O)C1CC1C(=O)O. The molecular formula is C15H22N2O4. The van der Waals surface area contributed by atoms with Crippen LogP contribution in [0.25, 0.3) is 0 Å². The number of carbonyl (C=O) groups excluding carboxylic acids is 2. The van der Waals surface area contributed by atoms with E-state index < -0.39 is 17.4 Å². The highest BCUT2D eigenvalue weighted by molar-refractivity contribution is 5.90. The van der Waals surface area contributed by atoms with Crippen molar-refractivity contribution in [2.75, 3.05) is 19.6 Å². The molecule has 3 rings (SSSR count). The Balaban J connectivity index is 1.64. The van der Waals surface area contributed by atoms with Crippen LogP contribution < -0.4 is 0 Å². The maximum atomic E-state index is 12.5. The third kappa shape index (κ3) is 2.63. The van der Waals surface area contributed by atoms with Crippen molar-refractivity contribution in [2.24, 2.45) is 17.8 Å². The topological polar surface area (TPSA) is 77.9 Å². The van der Waals surface area contributed by atoms with Crippen LogP contribution in [0.15, 0.2) is 0 Å². The summed E-state index contributed by atoms with van der Waals surface area (Å²) in [4.78, 5) is 39.2. The highest BCUT2D eigenvalue weighted by atomic mass is 16.4. The quantitative estimate of drug-likeness (QED) is 0.825. The van der Waals surface area contributed by atoms with Crippen LogP contribution in [0.5, 0.6) is 0 Å². The van der Waals surface area contributed by atoms with Crippen LogP contribution in [0.3, 0.4) is 0 Å². The maximum absolute atomic E-state index is 12.5. The summed E-state index contributed by atoms with van der Waals surface area (Å²) in [5.41, 5.74) is -0.425. The molecule has 2 aliphatic carbocycles. The first-order valence-corrected chi connectivity index (χ1v) is 7.64. The van der Waals surface area contributed by atoms with Gasteiger partial charge in [-0.05, 0) is 33.1 Å². The van der Waals surface area contributed by atoms with Crippen molar-refractivity contribution in [3.8, 4) is 0 Å². The molecule has 6 heteroatoms. The van der Waals surface area contributed by atoms with Crippen molar-refractivity contribution in [1.82, 2.24) is 9.80 Å². The number of rotatable bonds is 3. The number of carboxylic acid groups (broad SMARTS) is 1. The number of amides is 2. The van der Waals surface area contributed by atoms with Gasteiger partial charge in [0.2, 0.25) is 11.8 Å². The number of nitrogens with zero attached hydrogens (tertiary/aromatic N) is 2. The van der Waals surface area contributed by atoms with E-state index in [0.717, 1.165) is 12.8 Å². The predicted octanol–water partition coefficient (Wildman–Crippen LogP) is 0.567. The average Bonchev–Trinajstić information content (AvgIpc) is 3.28. The Morgan fingerprint density at radius 1 is 1.05 bits per heavy atom. The van der Waals surface area contributed by atoms with E-state index >= 15 is 0 Å². The van der Waals surface area contributed by atoms with Crippen molar-refractivity contribution in [2.45, 2.75) is 38.6 Å². The maximum Gasteiger partial charge on any atom is 0.307 e. The fourth-order valence-corrected chi connectivity index (χ4v) is 3.28. The third-order valence-corrected chi connectivity index (χ3v) is 4.83. The van der Waals surface area contributed by atoms with Crippen molar-refractivity contribution in [1.29, 1.82) is 0 Å². The van der Waals surface area contributed by atoms with Gasteiger partial charge in [0, 0.05) is 25.6 Å². The van der Waals surface area contributed by atoms with Crippen molar-refractivity contribution < 1.29 is 19.5 Å². The standard InChI is InChI=1S/C15H22N2O4/c1-15(2)8-16(12(18)9-3-4-9)5-6-17(15)13(19)10-7-11(10)14(20)21/h9-11H,3-8H2,1-2H3,(H,20,21). The van der Waals surface area contributed by atoms with E-state index in [4.69, 9.17) is 5.11 Å². The van der Waals surface area contributed by atoms with Crippen LogP contribution in [0.4, 0.5) is 0 Å². The molecule has 2 saturated carbocycles. The van der Waals surface area contributed by atoms with Gasteiger partial charge >= 0.3 is 5.97 Å². The Hall–Kier alpha value is -1.59. The lowest BCUT2D eigenvalue weighted by Crippen LogP contribution is -2.62. The van der Waals surface area contributed by atoms with Gasteiger partial charge in [0.1, 0.15) is 0 Å². The lowest BCUT2D eigenvalue weighted by Gasteiger charge is -2.47. The molecule has 3 fully saturated rings. The van der Waals surface area contributed by atoms with Gasteiger partial charge < -0.3 is 14.9 Å². The van der Waals surface area contributed by atoms with Gasteiger partial charge in [0.15, 0.2) is 0 Å². The van der Waals surface area contributed by atoms with Crippen molar-refractivity contribution >= 4 is 17.8 Å². The molecule has 2 atom stereocenters. The zero-order chi connectivity index (χ0) is 15.4. The van der Waals surface area contributed by atoms with E-state index in [0.29, 0.717) is 26.1 Å². The van der Waals surface area contributed by atoms with Crippen LogP contribution in [-0.4, -0.2) is 57.9 Å². The molecule has 1 saturated heterocycles. The number of hydrogen-bond acceptors (Lipinski definition) is 3. The summed E-state index contributed by atoms with van der Waals surface area (Å²) in [5, 5.41) is 8.96. The summed E-state index contributed by atoms with van der Waals surface area (Å²) in [6, 6.07) is 0. The number of hydrogen-bond donors (Lipinski definition) is 1. The molecule has 3 aliphatic rings. The zero-order valence-electron chi connectivity index (χ0n) is 12.5. The summed E-state index contributed by atoms with van der Waals surface area (Å²) in [7, 11) is 0. The largest absolute Gasteiger partial charge is 0.481 e. The Labute approximate surface area is 124 Å². The minimum Gasteiger partial charge on any atom is -0.481 e. The Kier molecular flexibility index (Phi) is 3.22. The van der Waals surface area contributed by atoms with E-state index in [1.807, 2.05) is 18.7 Å². The molecule has 0 aromatic rings. The third-order valence-electron chi connectivity index (χ3n) is 4.83. The van der Waals surface area contributed by atoms with Crippen LogP contribution in [0, 0.1) is 17.8 Å². The zero-order valence-corrected chi connectivity index (χ0v) is 12.5. The minimum absolute atomic E-state index is 0.0640. The lowest BCUT2D eigenvalue weighted by atomic mass is 9.97. The van der Waals surface area contributed by atoms with Crippen LogP contribution in [-0.2, 0) is 14.4 Å². The van der Waals surface area contributed by atoms with Crippen molar-refractivity contribution in [3.63, 3.8) is 0 Å². The molecule has 0 spiro atoms. The molecule has 2 amide bonds. The first kappa shape index (κ1) is 14.4. The van der Waals surface area contributed by atoms with Gasteiger partial charge in [-0.1, -0.05) is 0 Å². The molecule has 1 N–H and O–H groups in total. The molecular weight excluding hydrogens is 272 g/mol. The monoisotopic (exact) mass is 294 g/mol. The number of carboxylic acids is 1. The predicted molar refractivity (Wildman–Crippen MR) is 74.3 cm³/mol. The normalized spacial score (nSPS) is 31.0. The van der Waals surface area contributed by atoms with E-state index in [2.05, 4.69) is 0 Å². The summed E-state index contributed by atoms with van der Waals surface area (Å²) in [5.74, 6) is -1.42. The van der Waals surface area contributed by atoms with E-state index in [9.17, 15) is 14.4 Å². The number of carbonyl (C=O) groups is 3. The molecule has 1 aliphatic heterocycles. The molecule has 21 heavy (non-hydrogen) atoms. The first-order chi connectivity index (χ1) is 9.81. The Bertz CT molecular complexity index is 498. The van der Waals surface area contributed by atoms with Crippen LogP contribution >= 0.6 is 0 Å². The van der Waals surface area contributed by atoms with Gasteiger partial charge in [0.05, 0.1) is 17.4 Å². The van der Waals surface area contributed by atoms with E-state index in [1.165, 1.54) is 0 Å². The summed E-state index contributed by atoms with van der Waals surface area (Å²) in [6.45, 7) is 5.52. The molecule has 0 bridgehead atoms. The second-order valence-corrected chi connectivity index (χ2v) is 7.12. The summed E-state index contributed by atoms with van der Waals surface area (Å²) >= 11 is 0. The first-order valence-electron chi connectivity index (χ1n) is 7.64. The van der Waals surface area contributed by atoms with E-state index in [1.54, 1.807) is 4.90 Å². The molecule has 0 aromatic carbocycles. The van der Waals surface area contributed by atoms with Crippen molar-refractivity contribution in [3.05, 3.63) is 0 Å². The number of aliphatic carboxylic acids is 1. The molecule has 0 aromatic heterocycles. The van der Waals surface area contributed by atoms with Gasteiger partial charge in [-0.2, -0.15) is 0 Å². The summed E-state index contributed by atoms with van der Waals surface area (Å²) in [6.07, 6.45) is 2.42. The Morgan fingerprint density at radius 2 is 1.71 bits per heavy atom. The fourth-order valence-electron chi connectivity index (χ4n) is 3.28. The molecule has 2 unspecified atom stereocenters. The van der Waals surface area contributed by atoms with Gasteiger partial charge in [-0.25, -0.2) is 0 Å². The average molecular weight is 294 g/mol. The highest BCUT2D eigenvalue weighted by Gasteiger charge is 2.52. The van der Waals surface area contributed by atoms with Crippen LogP contribution in [0.2, 0.25) is 0 Å². The van der Waals surface area contributed by atoms with Gasteiger partial charge in [-0.3, -0.25) is 14.4 Å². The number of piperazine rings is 1. The second-order valence-electron chi connectivity index (χ2n) is 7.12. The minimum atomic E-state index is -0.881. The molecule has 6 nitrogen and oxygen atoms in total. The van der Waals surface area contributed by atoms with Gasteiger partial charge in [0.25, 0.3) is 0 Å². The molecule has 1 heterocycles. The Morgan fingerprint density at radius 3 is 2.19 bits per heavy atom. The highest BCUT2D eigenvalue weighted by Crippen LogP contribution is 2.42. The van der Waals surface area contributed by atoms with Gasteiger partial charge in [-0.15, -0.1) is 0 Å². The smallest absolute Gasteiger partial charge is 0.307 e. The second kappa shape index (κ2) is 4.71. The lowest BCUT2D eigenvalue weighted by molar-refractivity contribution is -0.150. The van der Waals surface area contributed by atoms with E-state index in [-0.39, 0.29) is 23.7 Å². The molecule has 116 valence electrons. The fraction of sp³-hybridized carbons (Fsp3) is 0.800. The van der Waals surface area contributed by atoms with Crippen LogP contribution in [0.1, 0.15) is 33.1 Å². The molecule has 0 radical (unpaired) electrons.